The van der Waals surface area contributed by atoms with Gasteiger partial charge in [-0.15, -0.1) is 0 Å². The Morgan fingerprint density at radius 2 is 1.90 bits per heavy atom. The van der Waals surface area contributed by atoms with E-state index in [9.17, 15) is 18.0 Å². The third-order valence-electron chi connectivity index (χ3n) is 4.74. The first kappa shape index (κ1) is 19.9. The highest BCUT2D eigenvalue weighted by Gasteiger charge is 2.45. The predicted octanol–water partition coefficient (Wildman–Crippen LogP) is 3.80. The molecule has 12 heteroatoms. The molecule has 2 aromatic rings. The minimum Gasteiger partial charge on any atom is -0.444 e. The van der Waals surface area contributed by atoms with Crippen LogP contribution in [0, 0.1) is 0 Å². The Bertz CT molecular complexity index is 893. The molecule has 0 N–H and O–H groups in total. The van der Waals surface area contributed by atoms with Crippen LogP contribution in [0.15, 0.2) is 10.7 Å². The summed E-state index contributed by atoms with van der Waals surface area (Å²) in [5.41, 5.74) is -0.558. The van der Waals surface area contributed by atoms with E-state index in [1.165, 1.54) is 17.5 Å². The van der Waals surface area contributed by atoms with E-state index in [0.717, 1.165) is 12.8 Å². The van der Waals surface area contributed by atoms with Gasteiger partial charge in [0.2, 0.25) is 5.82 Å². The second-order valence-electron chi connectivity index (χ2n) is 8.11. The zero-order valence-electron chi connectivity index (χ0n) is 16.1. The number of amides is 1. The van der Waals surface area contributed by atoms with Crippen LogP contribution in [-0.4, -0.2) is 56.9 Å². The lowest BCUT2D eigenvalue weighted by atomic mass is 10.2. The largest absolute Gasteiger partial charge is 0.471 e. The molecule has 0 aliphatic carbocycles. The first-order chi connectivity index (χ1) is 13.5. The summed E-state index contributed by atoms with van der Waals surface area (Å²) >= 11 is 1.20. The average Bonchev–Trinajstić information content (AvgIpc) is 3.30. The Balaban J connectivity index is 1.47. The highest BCUT2D eigenvalue weighted by Crippen LogP contribution is 2.37. The topological polar surface area (TPSA) is 84.6 Å². The Hall–Kier alpha value is -2.37. The molecule has 1 amide bonds. The molecule has 0 saturated carbocycles. The maximum atomic E-state index is 12.7. The van der Waals surface area contributed by atoms with E-state index in [2.05, 4.69) is 19.6 Å². The predicted molar refractivity (Wildman–Crippen MR) is 97.5 cm³/mol. The van der Waals surface area contributed by atoms with E-state index >= 15 is 0 Å². The Labute approximate surface area is 168 Å². The fourth-order valence-electron chi connectivity index (χ4n) is 3.63. The molecule has 29 heavy (non-hydrogen) atoms. The van der Waals surface area contributed by atoms with Gasteiger partial charge in [0, 0.05) is 13.1 Å². The van der Waals surface area contributed by atoms with E-state index in [4.69, 9.17) is 4.74 Å². The molecule has 2 saturated heterocycles. The third kappa shape index (κ3) is 4.02. The van der Waals surface area contributed by atoms with Crippen molar-refractivity contribution in [2.24, 2.45) is 0 Å². The third-order valence-corrected chi connectivity index (χ3v) is 5.79. The first-order valence-electron chi connectivity index (χ1n) is 9.14. The monoisotopic (exact) mass is 431 g/mol. The van der Waals surface area contributed by atoms with Gasteiger partial charge in [-0.2, -0.15) is 18.2 Å². The van der Waals surface area contributed by atoms with E-state index < -0.39 is 17.7 Å². The van der Waals surface area contributed by atoms with Gasteiger partial charge in [-0.3, -0.25) is 4.90 Å². The second-order valence-corrected chi connectivity index (χ2v) is 9.11. The minimum absolute atomic E-state index is 0.0120. The van der Waals surface area contributed by atoms with Crippen molar-refractivity contribution in [1.29, 1.82) is 0 Å². The summed E-state index contributed by atoms with van der Waals surface area (Å²) in [6.07, 6.45) is -1.81. The zero-order valence-corrected chi connectivity index (χ0v) is 16.9. The van der Waals surface area contributed by atoms with E-state index in [1.54, 1.807) is 0 Å². The molecule has 158 valence electrons. The Kier molecular flexibility index (Phi) is 4.71. The number of aromatic nitrogens is 3. The molecule has 2 aliphatic rings. The van der Waals surface area contributed by atoms with Crippen molar-refractivity contribution in [3.63, 3.8) is 0 Å². The number of thiazole rings is 1. The van der Waals surface area contributed by atoms with Crippen molar-refractivity contribution < 1.29 is 27.2 Å². The summed E-state index contributed by atoms with van der Waals surface area (Å²) in [7, 11) is 0. The molecule has 2 aromatic heterocycles. The van der Waals surface area contributed by atoms with Crippen LogP contribution < -0.4 is 4.90 Å². The molecular weight excluding hydrogens is 411 g/mol. The number of nitrogens with zero attached hydrogens (tertiary/aromatic N) is 5. The SMILES string of the molecule is CC(C)(C)OC(=O)N1[C@@H]2CC[C@H]1CN(c1ncc(-c3noc(C(F)(F)F)n3)s1)C2. The number of alkyl halides is 3. The zero-order chi connectivity index (χ0) is 21.0. The van der Waals surface area contributed by atoms with E-state index in [1.807, 2.05) is 30.6 Å². The molecule has 0 radical (unpaired) electrons. The summed E-state index contributed by atoms with van der Waals surface area (Å²) in [4.78, 5) is 24.5. The smallest absolute Gasteiger partial charge is 0.444 e. The second kappa shape index (κ2) is 6.85. The van der Waals surface area contributed by atoms with Crippen LogP contribution in [0.25, 0.3) is 10.7 Å². The molecule has 8 nitrogen and oxygen atoms in total. The van der Waals surface area contributed by atoms with Crippen molar-refractivity contribution in [1.82, 2.24) is 20.0 Å². The molecule has 2 bridgehead atoms. The number of rotatable bonds is 2. The molecule has 4 heterocycles. The van der Waals surface area contributed by atoms with Crippen LogP contribution >= 0.6 is 11.3 Å². The highest BCUT2D eigenvalue weighted by atomic mass is 32.1. The summed E-state index contributed by atoms with van der Waals surface area (Å²) in [6, 6.07) is 0.0240. The number of halogens is 3. The van der Waals surface area contributed by atoms with E-state index in [0.29, 0.717) is 23.1 Å². The molecule has 2 atom stereocenters. The standard InChI is InChI=1S/C17H20F3N5O3S/c1-16(2,3)27-15(26)25-9-4-5-10(25)8-24(7-9)14-21-6-11(29-14)12-22-13(28-23-12)17(18,19)20/h6,9-10H,4-5,7-8H2,1-3H3/t9-,10+. The number of anilines is 1. The fraction of sp³-hybridized carbons (Fsp3) is 0.647. The number of ether oxygens (including phenoxy) is 1. The lowest BCUT2D eigenvalue weighted by Crippen LogP contribution is -2.56. The first-order valence-corrected chi connectivity index (χ1v) is 9.96. The van der Waals surface area contributed by atoms with Crippen LogP contribution in [0.1, 0.15) is 39.5 Å². The van der Waals surface area contributed by atoms with Crippen molar-refractivity contribution in [2.45, 2.75) is 57.5 Å². The van der Waals surface area contributed by atoms with Crippen LogP contribution in [0.2, 0.25) is 0 Å². The van der Waals surface area contributed by atoms with Gasteiger partial charge >= 0.3 is 18.2 Å². The molecule has 2 fully saturated rings. The van der Waals surface area contributed by atoms with Crippen molar-refractivity contribution in [2.75, 3.05) is 18.0 Å². The Morgan fingerprint density at radius 1 is 1.24 bits per heavy atom. The molecule has 4 rings (SSSR count). The van der Waals surface area contributed by atoms with Gasteiger partial charge < -0.3 is 14.2 Å². The molecular formula is C17H20F3N5O3S. The number of piperazine rings is 1. The van der Waals surface area contributed by atoms with E-state index in [-0.39, 0.29) is 24.0 Å². The van der Waals surface area contributed by atoms with Crippen molar-refractivity contribution in [3.8, 4) is 10.7 Å². The number of carbonyl (C=O) groups excluding carboxylic acids is 1. The lowest BCUT2D eigenvalue weighted by molar-refractivity contribution is -0.159. The summed E-state index contributed by atoms with van der Waals surface area (Å²) in [5.74, 6) is -1.53. The summed E-state index contributed by atoms with van der Waals surface area (Å²) in [5, 5.41) is 4.05. The quantitative estimate of drug-likeness (QED) is 0.715. The molecule has 2 aliphatic heterocycles. The Morgan fingerprint density at radius 3 is 2.45 bits per heavy atom. The number of hydrogen-bond acceptors (Lipinski definition) is 8. The molecule has 0 aromatic carbocycles. The number of fused-ring (bicyclic) bond motifs is 2. The van der Waals surface area contributed by atoms with Gasteiger partial charge in [-0.1, -0.05) is 16.5 Å². The molecule has 0 spiro atoms. The van der Waals surface area contributed by atoms with Crippen LogP contribution in [0.4, 0.5) is 23.1 Å². The van der Waals surface area contributed by atoms with Gasteiger partial charge in [0.15, 0.2) is 5.13 Å². The fourth-order valence-corrected chi connectivity index (χ4v) is 4.48. The van der Waals surface area contributed by atoms with Crippen molar-refractivity contribution >= 4 is 22.6 Å². The summed E-state index contributed by atoms with van der Waals surface area (Å²) in [6.45, 7) is 6.68. The van der Waals surface area contributed by atoms with Gasteiger partial charge in [-0.25, -0.2) is 9.78 Å². The van der Waals surface area contributed by atoms with Gasteiger partial charge in [-0.05, 0) is 33.6 Å². The normalized spacial score (nSPS) is 22.3. The van der Waals surface area contributed by atoms with Crippen molar-refractivity contribution in [3.05, 3.63) is 12.1 Å². The number of hydrogen-bond donors (Lipinski definition) is 0. The van der Waals surface area contributed by atoms with Crippen LogP contribution in [-0.2, 0) is 10.9 Å². The van der Waals surface area contributed by atoms with Gasteiger partial charge in [0.1, 0.15) is 5.60 Å². The maximum Gasteiger partial charge on any atom is 0.471 e. The summed E-state index contributed by atoms with van der Waals surface area (Å²) < 4.78 is 47.8. The lowest BCUT2D eigenvalue weighted by Gasteiger charge is -2.41. The highest BCUT2D eigenvalue weighted by molar-refractivity contribution is 7.18. The molecule has 0 unspecified atom stereocenters. The van der Waals surface area contributed by atoms with Crippen LogP contribution in [0.3, 0.4) is 0 Å². The average molecular weight is 431 g/mol. The van der Waals surface area contributed by atoms with Gasteiger partial charge in [0.25, 0.3) is 0 Å². The van der Waals surface area contributed by atoms with Gasteiger partial charge in [0.05, 0.1) is 23.2 Å². The minimum atomic E-state index is -4.68. The maximum absolute atomic E-state index is 12.7. The van der Waals surface area contributed by atoms with Crippen LogP contribution in [0.5, 0.6) is 0 Å². The number of carbonyl (C=O) groups is 1.